The molecule has 0 aromatic heterocycles. The van der Waals surface area contributed by atoms with Crippen LogP contribution in [0.3, 0.4) is 0 Å². The second-order valence-corrected chi connectivity index (χ2v) is 3.80. The van der Waals surface area contributed by atoms with Gasteiger partial charge >= 0.3 is 0 Å². The molecule has 0 saturated heterocycles. The Hall–Kier alpha value is -2.16. The Morgan fingerprint density at radius 3 is 2.06 bits per heavy atom. The minimum atomic E-state index is 0.762. The Morgan fingerprint density at radius 1 is 0.944 bits per heavy atom. The van der Waals surface area contributed by atoms with E-state index in [-0.39, 0.29) is 0 Å². The Labute approximate surface area is 108 Å². The van der Waals surface area contributed by atoms with E-state index in [1.807, 2.05) is 48.5 Å². The number of anilines is 2. The van der Waals surface area contributed by atoms with Crippen LogP contribution < -0.4 is 16.2 Å². The molecular weight excluding hydrogens is 224 g/mol. The number of hydrogen-bond donors (Lipinski definition) is 2. The maximum atomic E-state index is 5.78. The fraction of sp³-hybridized carbons (Fsp3) is 0.200. The van der Waals surface area contributed by atoms with Crippen LogP contribution in [-0.2, 0) is 6.42 Å². The topological polar surface area (TPSA) is 61.3 Å². The summed E-state index contributed by atoms with van der Waals surface area (Å²) in [6.07, 6.45) is 0.947. The molecule has 0 aliphatic carbocycles. The second-order valence-electron chi connectivity index (χ2n) is 3.80. The van der Waals surface area contributed by atoms with Gasteiger partial charge in [-0.05, 0) is 30.2 Å². The van der Waals surface area contributed by atoms with Crippen molar-refractivity contribution in [3.8, 4) is 5.75 Å². The first-order chi connectivity index (χ1) is 8.69. The highest BCUT2D eigenvalue weighted by atomic mass is 16.5. The zero-order chi connectivity index (χ0) is 13.4. The molecule has 0 aliphatic rings. The predicted octanol–water partition coefficient (Wildman–Crippen LogP) is 3.11. The molecule has 0 fully saturated rings. The van der Waals surface area contributed by atoms with Crippen LogP contribution in [0.1, 0.15) is 12.5 Å². The van der Waals surface area contributed by atoms with Crippen LogP contribution in [0.5, 0.6) is 5.75 Å². The van der Waals surface area contributed by atoms with Gasteiger partial charge in [-0.15, -0.1) is 0 Å². The third-order valence-electron chi connectivity index (χ3n) is 2.56. The van der Waals surface area contributed by atoms with Crippen molar-refractivity contribution in [3.63, 3.8) is 0 Å². The molecule has 2 aromatic carbocycles. The van der Waals surface area contributed by atoms with Gasteiger partial charge in [-0.1, -0.05) is 37.3 Å². The van der Waals surface area contributed by atoms with Gasteiger partial charge in [0.15, 0.2) is 0 Å². The van der Waals surface area contributed by atoms with Gasteiger partial charge in [0.25, 0.3) is 0 Å². The molecule has 2 aromatic rings. The SMILES string of the molecule is CCc1cccc(OC)c1N.Nc1ccccc1. The summed E-state index contributed by atoms with van der Waals surface area (Å²) in [5, 5.41) is 0. The third kappa shape index (κ3) is 4.01. The summed E-state index contributed by atoms with van der Waals surface area (Å²) in [4.78, 5) is 0. The maximum Gasteiger partial charge on any atom is 0.142 e. The summed E-state index contributed by atoms with van der Waals surface area (Å²) >= 11 is 0. The molecule has 0 radical (unpaired) electrons. The molecule has 2 rings (SSSR count). The first kappa shape index (κ1) is 13.9. The first-order valence-corrected chi connectivity index (χ1v) is 5.91. The van der Waals surface area contributed by atoms with Gasteiger partial charge in [-0.25, -0.2) is 0 Å². The van der Waals surface area contributed by atoms with E-state index in [1.165, 1.54) is 0 Å². The minimum absolute atomic E-state index is 0.762. The van der Waals surface area contributed by atoms with E-state index in [2.05, 4.69) is 6.92 Å². The fourth-order valence-corrected chi connectivity index (χ4v) is 1.53. The highest BCUT2D eigenvalue weighted by molar-refractivity contribution is 5.58. The van der Waals surface area contributed by atoms with E-state index in [0.717, 1.165) is 29.1 Å². The monoisotopic (exact) mass is 244 g/mol. The van der Waals surface area contributed by atoms with Crippen LogP contribution in [0.25, 0.3) is 0 Å². The Bertz CT molecular complexity index is 447. The number of hydrogen-bond acceptors (Lipinski definition) is 3. The lowest BCUT2D eigenvalue weighted by atomic mass is 10.1. The van der Waals surface area contributed by atoms with Gasteiger partial charge in [0.1, 0.15) is 5.75 Å². The molecule has 18 heavy (non-hydrogen) atoms. The van der Waals surface area contributed by atoms with E-state index in [1.54, 1.807) is 7.11 Å². The van der Waals surface area contributed by atoms with E-state index in [9.17, 15) is 0 Å². The predicted molar refractivity (Wildman–Crippen MR) is 77.6 cm³/mol. The largest absolute Gasteiger partial charge is 0.495 e. The number of aryl methyl sites for hydroxylation is 1. The lowest BCUT2D eigenvalue weighted by Crippen LogP contribution is -1.96. The normalized spacial score (nSPS) is 9.22. The lowest BCUT2D eigenvalue weighted by molar-refractivity contribution is 0.416. The molecule has 3 nitrogen and oxygen atoms in total. The van der Waals surface area contributed by atoms with Crippen LogP contribution in [0, 0.1) is 0 Å². The van der Waals surface area contributed by atoms with Crippen LogP contribution in [0.4, 0.5) is 11.4 Å². The van der Waals surface area contributed by atoms with Crippen molar-refractivity contribution >= 4 is 11.4 Å². The maximum absolute atomic E-state index is 5.78. The summed E-state index contributed by atoms with van der Waals surface area (Å²) in [6.45, 7) is 2.07. The highest BCUT2D eigenvalue weighted by Crippen LogP contribution is 2.24. The van der Waals surface area contributed by atoms with Gasteiger partial charge in [-0.3, -0.25) is 0 Å². The molecule has 0 heterocycles. The van der Waals surface area contributed by atoms with Gasteiger partial charge in [0, 0.05) is 5.69 Å². The van der Waals surface area contributed by atoms with E-state index >= 15 is 0 Å². The molecule has 0 atom stereocenters. The van der Waals surface area contributed by atoms with Crippen LogP contribution >= 0.6 is 0 Å². The van der Waals surface area contributed by atoms with Crippen molar-refractivity contribution in [2.24, 2.45) is 0 Å². The molecule has 96 valence electrons. The summed E-state index contributed by atoms with van der Waals surface area (Å²) < 4.78 is 5.06. The van der Waals surface area contributed by atoms with Crippen molar-refractivity contribution in [1.29, 1.82) is 0 Å². The van der Waals surface area contributed by atoms with Crippen LogP contribution in [-0.4, -0.2) is 7.11 Å². The summed E-state index contributed by atoms with van der Waals surface area (Å²) in [7, 11) is 1.63. The highest BCUT2D eigenvalue weighted by Gasteiger charge is 2.01. The van der Waals surface area contributed by atoms with Crippen molar-refractivity contribution in [2.75, 3.05) is 18.6 Å². The molecule has 0 aliphatic heterocycles. The number of ether oxygens (including phenoxy) is 1. The number of methoxy groups -OCH3 is 1. The molecule has 3 heteroatoms. The minimum Gasteiger partial charge on any atom is -0.495 e. The summed E-state index contributed by atoms with van der Waals surface area (Å²) in [6, 6.07) is 15.3. The number of benzene rings is 2. The molecule has 4 N–H and O–H groups in total. The molecular formula is C15H20N2O. The van der Waals surface area contributed by atoms with Crippen molar-refractivity contribution in [1.82, 2.24) is 0 Å². The van der Waals surface area contributed by atoms with Crippen LogP contribution in [0.15, 0.2) is 48.5 Å². The van der Waals surface area contributed by atoms with E-state index in [0.29, 0.717) is 0 Å². The molecule has 0 bridgehead atoms. The standard InChI is InChI=1S/C9H13NO.C6H7N/c1-3-7-5-4-6-8(11-2)9(7)10;7-6-4-2-1-3-5-6/h4-6H,3,10H2,1-2H3;1-5H,7H2. The summed E-state index contributed by atoms with van der Waals surface area (Å²) in [5.74, 6) is 0.768. The quantitative estimate of drug-likeness (QED) is 0.798. The molecule has 0 spiro atoms. The Morgan fingerprint density at radius 2 is 1.61 bits per heavy atom. The van der Waals surface area contributed by atoms with E-state index < -0.39 is 0 Å². The fourth-order valence-electron chi connectivity index (χ4n) is 1.53. The third-order valence-corrected chi connectivity index (χ3v) is 2.56. The van der Waals surface area contributed by atoms with Crippen LogP contribution in [0.2, 0.25) is 0 Å². The molecule has 0 unspecified atom stereocenters. The van der Waals surface area contributed by atoms with E-state index in [4.69, 9.17) is 16.2 Å². The zero-order valence-corrected chi connectivity index (χ0v) is 10.9. The number of nitrogens with two attached hydrogens (primary N) is 2. The zero-order valence-electron chi connectivity index (χ0n) is 10.9. The van der Waals surface area contributed by atoms with Gasteiger partial charge in [0.2, 0.25) is 0 Å². The average Bonchev–Trinajstić information content (AvgIpc) is 2.41. The molecule has 0 saturated carbocycles. The summed E-state index contributed by atoms with van der Waals surface area (Å²) in [5.41, 5.74) is 13.9. The van der Waals surface area contributed by atoms with Crippen molar-refractivity contribution in [3.05, 3.63) is 54.1 Å². The molecule has 0 amide bonds. The second kappa shape index (κ2) is 7.22. The number of nitrogen functional groups attached to an aromatic ring is 2. The van der Waals surface area contributed by atoms with Gasteiger partial charge < -0.3 is 16.2 Å². The lowest BCUT2D eigenvalue weighted by Gasteiger charge is -2.07. The van der Waals surface area contributed by atoms with Crippen molar-refractivity contribution < 1.29 is 4.74 Å². The average molecular weight is 244 g/mol. The first-order valence-electron chi connectivity index (χ1n) is 5.91. The van der Waals surface area contributed by atoms with Gasteiger partial charge in [-0.2, -0.15) is 0 Å². The van der Waals surface area contributed by atoms with Gasteiger partial charge in [0.05, 0.1) is 12.8 Å². The number of para-hydroxylation sites is 2. The smallest absolute Gasteiger partial charge is 0.142 e. The Balaban J connectivity index is 0.000000199. The number of rotatable bonds is 2. The Kier molecular flexibility index (Phi) is 5.58. The van der Waals surface area contributed by atoms with Crippen molar-refractivity contribution in [2.45, 2.75) is 13.3 Å².